The summed E-state index contributed by atoms with van der Waals surface area (Å²) in [5, 5.41) is 3.47. The molecule has 1 aromatic rings. The predicted molar refractivity (Wildman–Crippen MR) is 90.2 cm³/mol. The Morgan fingerprint density at radius 3 is 2.59 bits per heavy atom. The first kappa shape index (κ1) is 20.9. The van der Waals surface area contributed by atoms with Gasteiger partial charge in [0.25, 0.3) is 5.91 Å². The highest BCUT2D eigenvalue weighted by Gasteiger charge is 2.21. The molecular formula is C13H19Cl3N4O2. The lowest BCUT2D eigenvalue weighted by Crippen LogP contribution is -2.49. The van der Waals surface area contributed by atoms with E-state index >= 15 is 0 Å². The molecule has 1 aliphatic rings. The Kier molecular flexibility index (Phi) is 9.36. The lowest BCUT2D eigenvalue weighted by molar-refractivity contribution is -0.132. The maximum Gasteiger partial charge on any atom is 0.255 e. The van der Waals surface area contributed by atoms with E-state index in [9.17, 15) is 9.59 Å². The largest absolute Gasteiger partial charge is 0.339 e. The number of rotatable bonds is 3. The van der Waals surface area contributed by atoms with Crippen LogP contribution in [0.25, 0.3) is 0 Å². The topological polar surface area (TPSA) is 65.5 Å². The van der Waals surface area contributed by atoms with Crippen LogP contribution in [0.15, 0.2) is 18.5 Å². The highest BCUT2D eigenvalue weighted by atomic mass is 35.5. The van der Waals surface area contributed by atoms with Crippen molar-refractivity contribution >= 4 is 48.2 Å². The first-order valence-electron chi connectivity index (χ1n) is 6.43. The minimum atomic E-state index is -0.277. The standard InChI is InChI=1S/C13H17ClN4O2.2ClH/c1-17(9-12(19)18-6-4-15-5-7-18)13(20)10-2-3-16-8-11(10)14;;/h2-3,8,15H,4-7,9H2,1H3;2*1H. The second-order valence-corrected chi connectivity index (χ2v) is 5.05. The summed E-state index contributed by atoms with van der Waals surface area (Å²) in [7, 11) is 1.60. The fourth-order valence-corrected chi connectivity index (χ4v) is 2.24. The minimum Gasteiger partial charge on any atom is -0.339 e. The van der Waals surface area contributed by atoms with Crippen molar-refractivity contribution in [1.29, 1.82) is 0 Å². The Balaban J connectivity index is 0.00000220. The van der Waals surface area contributed by atoms with Crippen molar-refractivity contribution in [3.05, 3.63) is 29.0 Å². The first-order valence-corrected chi connectivity index (χ1v) is 6.81. The van der Waals surface area contributed by atoms with Gasteiger partial charge < -0.3 is 15.1 Å². The third-order valence-electron chi connectivity index (χ3n) is 3.19. The van der Waals surface area contributed by atoms with E-state index in [4.69, 9.17) is 11.6 Å². The van der Waals surface area contributed by atoms with Crippen LogP contribution in [0.3, 0.4) is 0 Å². The summed E-state index contributed by atoms with van der Waals surface area (Å²) in [4.78, 5) is 31.3. The molecule has 0 aromatic carbocycles. The Bertz CT molecular complexity index is 510. The number of nitrogens with zero attached hydrogens (tertiary/aromatic N) is 3. The van der Waals surface area contributed by atoms with Crippen molar-refractivity contribution < 1.29 is 9.59 Å². The third kappa shape index (κ3) is 5.28. The van der Waals surface area contributed by atoms with Gasteiger partial charge in [-0.05, 0) is 6.07 Å². The number of likely N-dealkylation sites (N-methyl/N-ethyl adjacent to an activating group) is 1. The molecule has 1 aliphatic heterocycles. The number of hydrogen-bond donors (Lipinski definition) is 1. The zero-order valence-corrected chi connectivity index (χ0v) is 14.5. The molecule has 1 aromatic heterocycles. The Labute approximate surface area is 147 Å². The van der Waals surface area contributed by atoms with Gasteiger partial charge in [0.05, 0.1) is 17.1 Å². The Hall–Kier alpha value is -1.08. The normalized spacial score (nSPS) is 13.6. The molecule has 0 unspecified atom stereocenters. The average Bonchev–Trinajstić information content (AvgIpc) is 2.48. The number of piperazine rings is 1. The fourth-order valence-electron chi connectivity index (χ4n) is 2.04. The zero-order valence-electron chi connectivity index (χ0n) is 12.1. The molecule has 22 heavy (non-hydrogen) atoms. The van der Waals surface area contributed by atoms with Gasteiger partial charge in [-0.15, -0.1) is 24.8 Å². The first-order chi connectivity index (χ1) is 9.59. The lowest BCUT2D eigenvalue weighted by atomic mass is 10.2. The van der Waals surface area contributed by atoms with Crippen LogP contribution in [0, 0.1) is 0 Å². The number of aromatic nitrogens is 1. The molecule has 1 N–H and O–H groups in total. The molecule has 6 nitrogen and oxygen atoms in total. The van der Waals surface area contributed by atoms with Gasteiger partial charge in [0.1, 0.15) is 0 Å². The van der Waals surface area contributed by atoms with Crippen LogP contribution in [0.4, 0.5) is 0 Å². The van der Waals surface area contributed by atoms with Gasteiger partial charge in [0.15, 0.2) is 0 Å². The van der Waals surface area contributed by atoms with Crippen LogP contribution in [-0.2, 0) is 4.79 Å². The Morgan fingerprint density at radius 1 is 1.36 bits per heavy atom. The number of carbonyl (C=O) groups excluding carboxylic acids is 2. The predicted octanol–water partition coefficient (Wildman–Crippen LogP) is 1.08. The summed E-state index contributed by atoms with van der Waals surface area (Å²) in [6.45, 7) is 2.99. The maximum atomic E-state index is 12.2. The van der Waals surface area contributed by atoms with Gasteiger partial charge in [0, 0.05) is 45.6 Å². The van der Waals surface area contributed by atoms with Gasteiger partial charge in [-0.2, -0.15) is 0 Å². The van der Waals surface area contributed by atoms with Crippen molar-refractivity contribution in [2.24, 2.45) is 0 Å². The molecule has 0 bridgehead atoms. The van der Waals surface area contributed by atoms with Crippen LogP contribution in [0.1, 0.15) is 10.4 Å². The second kappa shape index (κ2) is 9.84. The fraction of sp³-hybridized carbons (Fsp3) is 0.462. The van der Waals surface area contributed by atoms with E-state index in [0.717, 1.165) is 13.1 Å². The van der Waals surface area contributed by atoms with Crippen LogP contribution in [-0.4, -0.2) is 66.4 Å². The molecule has 2 heterocycles. The van der Waals surface area contributed by atoms with Gasteiger partial charge in [-0.25, -0.2) is 0 Å². The Morgan fingerprint density at radius 2 is 2.00 bits per heavy atom. The van der Waals surface area contributed by atoms with Gasteiger partial charge in [0.2, 0.25) is 5.91 Å². The van der Waals surface area contributed by atoms with Crippen molar-refractivity contribution in [3.8, 4) is 0 Å². The molecule has 2 amide bonds. The van der Waals surface area contributed by atoms with E-state index in [1.54, 1.807) is 18.0 Å². The monoisotopic (exact) mass is 368 g/mol. The molecule has 0 saturated carbocycles. The smallest absolute Gasteiger partial charge is 0.255 e. The number of pyridine rings is 1. The van der Waals surface area contributed by atoms with Crippen molar-refractivity contribution in [1.82, 2.24) is 20.1 Å². The molecule has 124 valence electrons. The summed E-state index contributed by atoms with van der Waals surface area (Å²) in [6.07, 6.45) is 2.92. The highest BCUT2D eigenvalue weighted by Crippen LogP contribution is 2.15. The van der Waals surface area contributed by atoms with E-state index in [1.165, 1.54) is 17.3 Å². The quantitative estimate of drug-likeness (QED) is 0.866. The average molecular weight is 370 g/mol. The number of amides is 2. The summed E-state index contributed by atoms with van der Waals surface area (Å²) in [5.74, 6) is -0.326. The highest BCUT2D eigenvalue weighted by molar-refractivity contribution is 6.33. The third-order valence-corrected chi connectivity index (χ3v) is 3.49. The molecule has 1 fully saturated rings. The second-order valence-electron chi connectivity index (χ2n) is 4.65. The zero-order chi connectivity index (χ0) is 14.5. The maximum absolute atomic E-state index is 12.2. The molecule has 9 heteroatoms. The molecular weight excluding hydrogens is 351 g/mol. The summed E-state index contributed by atoms with van der Waals surface area (Å²) in [6, 6.07) is 1.55. The van der Waals surface area contributed by atoms with E-state index < -0.39 is 0 Å². The van der Waals surface area contributed by atoms with Crippen molar-refractivity contribution in [2.45, 2.75) is 0 Å². The van der Waals surface area contributed by atoms with Gasteiger partial charge >= 0.3 is 0 Å². The summed E-state index contributed by atoms with van der Waals surface area (Å²) >= 11 is 5.93. The van der Waals surface area contributed by atoms with E-state index in [-0.39, 0.29) is 43.2 Å². The number of carbonyl (C=O) groups is 2. The molecule has 0 atom stereocenters. The van der Waals surface area contributed by atoms with Crippen molar-refractivity contribution in [2.75, 3.05) is 39.8 Å². The lowest BCUT2D eigenvalue weighted by Gasteiger charge is -2.29. The van der Waals surface area contributed by atoms with E-state index in [1.807, 2.05) is 0 Å². The number of nitrogens with one attached hydrogen (secondary N) is 1. The van der Waals surface area contributed by atoms with E-state index in [2.05, 4.69) is 10.3 Å². The van der Waals surface area contributed by atoms with Gasteiger partial charge in [-0.3, -0.25) is 14.6 Å². The number of halogens is 3. The number of hydrogen-bond acceptors (Lipinski definition) is 4. The molecule has 0 radical (unpaired) electrons. The van der Waals surface area contributed by atoms with E-state index in [0.29, 0.717) is 23.7 Å². The SMILES string of the molecule is CN(CC(=O)N1CCNCC1)C(=O)c1ccncc1Cl.Cl.Cl. The molecule has 0 aliphatic carbocycles. The summed E-state index contributed by atoms with van der Waals surface area (Å²) < 4.78 is 0. The van der Waals surface area contributed by atoms with Crippen molar-refractivity contribution in [3.63, 3.8) is 0 Å². The molecule has 2 rings (SSSR count). The van der Waals surface area contributed by atoms with Crippen LogP contribution in [0.5, 0.6) is 0 Å². The minimum absolute atomic E-state index is 0. The summed E-state index contributed by atoms with van der Waals surface area (Å²) in [5.41, 5.74) is 0.359. The molecule has 0 spiro atoms. The van der Waals surface area contributed by atoms with Gasteiger partial charge in [-0.1, -0.05) is 11.6 Å². The van der Waals surface area contributed by atoms with Crippen LogP contribution < -0.4 is 5.32 Å². The van der Waals surface area contributed by atoms with Crippen LogP contribution in [0.2, 0.25) is 5.02 Å². The van der Waals surface area contributed by atoms with Crippen LogP contribution >= 0.6 is 36.4 Å². The molecule has 1 saturated heterocycles.